The molecule has 0 aliphatic rings. The number of aromatic carboxylic acids is 1. The highest BCUT2D eigenvalue weighted by atomic mass is 16.5. The van der Waals surface area contributed by atoms with Crippen LogP contribution in [0.1, 0.15) is 17.3 Å². The van der Waals surface area contributed by atoms with Gasteiger partial charge < -0.3 is 20.5 Å². The van der Waals surface area contributed by atoms with Gasteiger partial charge in [0.1, 0.15) is 0 Å². The Labute approximate surface area is 101 Å². The number of nitrogens with two attached hydrogens (primary N) is 1. The van der Waals surface area contributed by atoms with Crippen LogP contribution in [0.3, 0.4) is 0 Å². The molecule has 0 fully saturated rings. The molecule has 0 spiro atoms. The molecule has 3 N–H and O–H groups in total. The topological polar surface area (TPSA) is 75.8 Å². The van der Waals surface area contributed by atoms with E-state index in [0.717, 1.165) is 5.69 Å². The standard InChI is InChI=1S/C12H18N2O3/c1-8(7-17-3)14(2)9-4-5-11(13)10(6-9)12(15)16/h4-6,8H,7,13H2,1-3H3,(H,15,16). The van der Waals surface area contributed by atoms with E-state index < -0.39 is 5.97 Å². The Kier molecular flexibility index (Phi) is 4.34. The molecule has 0 aliphatic carbocycles. The van der Waals surface area contributed by atoms with Gasteiger partial charge in [0.15, 0.2) is 0 Å². The number of nitrogen functional groups attached to an aromatic ring is 1. The number of anilines is 2. The van der Waals surface area contributed by atoms with Gasteiger partial charge in [0, 0.05) is 31.6 Å². The first kappa shape index (κ1) is 13.3. The molecule has 0 saturated heterocycles. The predicted molar refractivity (Wildman–Crippen MR) is 67.6 cm³/mol. The normalized spacial score (nSPS) is 12.2. The number of carboxylic acids is 1. The maximum absolute atomic E-state index is 11.0. The fraction of sp³-hybridized carbons (Fsp3) is 0.417. The van der Waals surface area contributed by atoms with Gasteiger partial charge in [0.2, 0.25) is 0 Å². The van der Waals surface area contributed by atoms with Crippen molar-refractivity contribution in [1.82, 2.24) is 0 Å². The van der Waals surface area contributed by atoms with Crippen LogP contribution in [-0.2, 0) is 4.74 Å². The van der Waals surface area contributed by atoms with Gasteiger partial charge in [-0.2, -0.15) is 0 Å². The minimum atomic E-state index is -1.02. The molecule has 0 saturated carbocycles. The van der Waals surface area contributed by atoms with Gasteiger partial charge in [-0.1, -0.05) is 0 Å². The second-order valence-electron chi connectivity index (χ2n) is 3.99. The number of ether oxygens (including phenoxy) is 1. The first-order valence-corrected chi connectivity index (χ1v) is 5.32. The summed E-state index contributed by atoms with van der Waals surface area (Å²) in [5, 5.41) is 8.99. The Morgan fingerprint density at radius 1 is 1.59 bits per heavy atom. The van der Waals surface area contributed by atoms with Crippen molar-refractivity contribution in [2.75, 3.05) is 31.4 Å². The number of carboxylic acid groups (broad SMARTS) is 1. The van der Waals surface area contributed by atoms with E-state index >= 15 is 0 Å². The summed E-state index contributed by atoms with van der Waals surface area (Å²) in [6.07, 6.45) is 0. The minimum absolute atomic E-state index is 0.124. The fourth-order valence-corrected chi connectivity index (χ4v) is 1.56. The summed E-state index contributed by atoms with van der Waals surface area (Å²) in [6, 6.07) is 5.14. The molecule has 94 valence electrons. The van der Waals surface area contributed by atoms with E-state index in [1.807, 2.05) is 18.9 Å². The minimum Gasteiger partial charge on any atom is -0.478 e. The van der Waals surface area contributed by atoms with Crippen molar-refractivity contribution in [2.45, 2.75) is 13.0 Å². The van der Waals surface area contributed by atoms with Crippen LogP contribution >= 0.6 is 0 Å². The van der Waals surface area contributed by atoms with Gasteiger partial charge in [-0.3, -0.25) is 0 Å². The number of carbonyl (C=O) groups is 1. The second-order valence-corrected chi connectivity index (χ2v) is 3.99. The quantitative estimate of drug-likeness (QED) is 0.759. The zero-order valence-corrected chi connectivity index (χ0v) is 10.3. The highest BCUT2D eigenvalue weighted by molar-refractivity contribution is 5.94. The molecular formula is C12H18N2O3. The Balaban J connectivity index is 2.99. The number of rotatable bonds is 5. The molecule has 0 amide bonds. The van der Waals surface area contributed by atoms with Crippen molar-refractivity contribution in [3.8, 4) is 0 Å². The van der Waals surface area contributed by atoms with Crippen LogP contribution in [0.25, 0.3) is 0 Å². The Hall–Kier alpha value is -1.75. The maximum Gasteiger partial charge on any atom is 0.337 e. The summed E-state index contributed by atoms with van der Waals surface area (Å²) in [6.45, 7) is 2.57. The summed E-state index contributed by atoms with van der Waals surface area (Å²) in [7, 11) is 3.52. The summed E-state index contributed by atoms with van der Waals surface area (Å²) < 4.78 is 5.06. The van der Waals surface area contributed by atoms with Crippen molar-refractivity contribution in [1.29, 1.82) is 0 Å². The lowest BCUT2D eigenvalue weighted by Gasteiger charge is -2.26. The van der Waals surface area contributed by atoms with E-state index in [1.54, 1.807) is 25.3 Å². The lowest BCUT2D eigenvalue weighted by atomic mass is 10.1. The van der Waals surface area contributed by atoms with Gasteiger partial charge in [-0.05, 0) is 25.1 Å². The van der Waals surface area contributed by atoms with Crippen LogP contribution in [0, 0.1) is 0 Å². The maximum atomic E-state index is 11.0. The Bertz CT molecular complexity index is 407. The molecule has 0 heterocycles. The molecule has 1 atom stereocenters. The molecule has 1 aromatic carbocycles. The number of benzene rings is 1. The molecule has 0 radical (unpaired) electrons. The van der Waals surface area contributed by atoms with Crippen molar-refractivity contribution in [2.24, 2.45) is 0 Å². The predicted octanol–water partition coefficient (Wildman–Crippen LogP) is 1.44. The molecule has 1 aromatic rings. The van der Waals surface area contributed by atoms with E-state index in [-0.39, 0.29) is 17.3 Å². The zero-order valence-electron chi connectivity index (χ0n) is 10.3. The number of methoxy groups -OCH3 is 1. The molecule has 17 heavy (non-hydrogen) atoms. The highest BCUT2D eigenvalue weighted by Crippen LogP contribution is 2.22. The van der Waals surface area contributed by atoms with E-state index in [2.05, 4.69) is 0 Å². The molecule has 1 unspecified atom stereocenters. The number of hydrogen-bond donors (Lipinski definition) is 2. The third kappa shape index (κ3) is 3.10. The highest BCUT2D eigenvalue weighted by Gasteiger charge is 2.14. The van der Waals surface area contributed by atoms with Gasteiger partial charge in [-0.15, -0.1) is 0 Å². The van der Waals surface area contributed by atoms with Crippen LogP contribution in [-0.4, -0.2) is 37.9 Å². The van der Waals surface area contributed by atoms with E-state index in [9.17, 15) is 4.79 Å². The molecule has 0 aliphatic heterocycles. The van der Waals surface area contributed by atoms with Crippen LogP contribution in [0.4, 0.5) is 11.4 Å². The van der Waals surface area contributed by atoms with Gasteiger partial charge >= 0.3 is 5.97 Å². The summed E-state index contributed by atoms with van der Waals surface area (Å²) in [5.41, 5.74) is 6.80. The number of likely N-dealkylation sites (N-methyl/N-ethyl adjacent to an activating group) is 1. The van der Waals surface area contributed by atoms with Crippen LogP contribution in [0.5, 0.6) is 0 Å². The van der Waals surface area contributed by atoms with Crippen LogP contribution < -0.4 is 10.6 Å². The smallest absolute Gasteiger partial charge is 0.337 e. The molecule has 5 nitrogen and oxygen atoms in total. The van der Waals surface area contributed by atoms with Crippen molar-refractivity contribution in [3.63, 3.8) is 0 Å². The Morgan fingerprint density at radius 3 is 2.76 bits per heavy atom. The summed E-state index contributed by atoms with van der Waals surface area (Å²) >= 11 is 0. The molecular weight excluding hydrogens is 220 g/mol. The van der Waals surface area contributed by atoms with Gasteiger partial charge in [-0.25, -0.2) is 4.79 Å². The van der Waals surface area contributed by atoms with E-state index in [0.29, 0.717) is 6.61 Å². The fourth-order valence-electron chi connectivity index (χ4n) is 1.56. The first-order chi connectivity index (χ1) is 7.97. The lowest BCUT2D eigenvalue weighted by Crippen LogP contribution is -2.32. The third-order valence-corrected chi connectivity index (χ3v) is 2.74. The molecule has 0 bridgehead atoms. The van der Waals surface area contributed by atoms with Gasteiger partial charge in [0.05, 0.1) is 12.2 Å². The van der Waals surface area contributed by atoms with E-state index in [4.69, 9.17) is 15.6 Å². The van der Waals surface area contributed by atoms with E-state index in [1.165, 1.54) is 0 Å². The van der Waals surface area contributed by atoms with Crippen LogP contribution in [0.2, 0.25) is 0 Å². The first-order valence-electron chi connectivity index (χ1n) is 5.32. The zero-order chi connectivity index (χ0) is 13.0. The second kappa shape index (κ2) is 5.54. The van der Waals surface area contributed by atoms with Crippen molar-refractivity contribution < 1.29 is 14.6 Å². The van der Waals surface area contributed by atoms with Crippen molar-refractivity contribution >= 4 is 17.3 Å². The summed E-state index contributed by atoms with van der Waals surface area (Å²) in [5.74, 6) is -1.02. The van der Waals surface area contributed by atoms with Crippen molar-refractivity contribution in [3.05, 3.63) is 23.8 Å². The molecule has 1 rings (SSSR count). The lowest BCUT2D eigenvalue weighted by molar-refractivity contribution is 0.0698. The average Bonchev–Trinajstić information content (AvgIpc) is 2.28. The molecule has 0 aromatic heterocycles. The number of nitrogens with zero attached hydrogens (tertiary/aromatic N) is 1. The largest absolute Gasteiger partial charge is 0.478 e. The number of hydrogen-bond acceptors (Lipinski definition) is 4. The monoisotopic (exact) mass is 238 g/mol. The summed E-state index contributed by atoms with van der Waals surface area (Å²) in [4.78, 5) is 12.9. The average molecular weight is 238 g/mol. The molecule has 5 heteroatoms. The van der Waals surface area contributed by atoms with Gasteiger partial charge in [0.25, 0.3) is 0 Å². The van der Waals surface area contributed by atoms with Crippen LogP contribution in [0.15, 0.2) is 18.2 Å². The third-order valence-electron chi connectivity index (χ3n) is 2.74. The SMILES string of the molecule is COCC(C)N(C)c1ccc(N)c(C(=O)O)c1. The Morgan fingerprint density at radius 2 is 2.24 bits per heavy atom.